The number of aliphatic hydroxyl groups is 5. The second-order valence-electron chi connectivity index (χ2n) is 19.7. The summed E-state index contributed by atoms with van der Waals surface area (Å²) in [5, 5.41) is 60.4. The monoisotopic (exact) mass is 690 g/mol. The molecule has 0 spiro atoms. The van der Waals surface area contributed by atoms with Crippen molar-refractivity contribution in [2.75, 3.05) is 12.0 Å². The predicted octanol–water partition coefficient (Wildman–Crippen LogP) is 6.27. The van der Waals surface area contributed by atoms with Crippen LogP contribution in [0.25, 0.3) is 0 Å². The first kappa shape index (κ1) is 35.2. The molecule has 8 rings (SSSR count). The van der Waals surface area contributed by atoms with E-state index in [-0.39, 0.29) is 27.6 Å². The number of nitrogens with zero attached hydrogens (tertiary/aromatic N) is 1. The van der Waals surface area contributed by atoms with Crippen molar-refractivity contribution in [1.82, 2.24) is 0 Å². The lowest BCUT2D eigenvalue weighted by molar-refractivity contribution is -0.404. The number of para-hydroxylation sites is 1. The zero-order valence-electron chi connectivity index (χ0n) is 31.1. The molecule has 50 heavy (non-hydrogen) atoms. The lowest BCUT2D eigenvalue weighted by atomic mass is 9.36. The number of anilines is 1. The molecule has 0 aromatic heterocycles. The fraction of sp³-hybridized carbons (Fsp3) is 0.786. The van der Waals surface area contributed by atoms with Crippen LogP contribution in [0.2, 0.25) is 0 Å². The van der Waals surface area contributed by atoms with Crippen molar-refractivity contribution in [2.24, 2.45) is 67.7 Å². The first-order valence-corrected chi connectivity index (χ1v) is 19.7. The minimum Gasteiger partial charge on any atom is -0.396 e. The summed E-state index contributed by atoms with van der Waals surface area (Å²) >= 11 is 0. The Kier molecular flexibility index (Phi) is 8.17. The maximum atomic E-state index is 12.4. The summed E-state index contributed by atoms with van der Waals surface area (Å²) in [7, 11) is 0. The number of aliphatic hydroxyl groups excluding tert-OH is 4. The van der Waals surface area contributed by atoms with Gasteiger partial charge in [0.05, 0.1) is 48.5 Å². The molecule has 7 aliphatic rings. The molecule has 8 nitrogen and oxygen atoms in total. The minimum atomic E-state index is -1.81. The highest BCUT2D eigenvalue weighted by Crippen LogP contribution is 2.73. The average molecular weight is 691 g/mol. The van der Waals surface area contributed by atoms with Crippen molar-refractivity contribution in [3.63, 3.8) is 0 Å². The van der Waals surface area contributed by atoms with Crippen LogP contribution >= 0.6 is 0 Å². The number of hydrazone groups is 1. The van der Waals surface area contributed by atoms with Crippen molar-refractivity contribution in [2.45, 2.75) is 136 Å². The molecule has 6 N–H and O–H groups in total. The summed E-state index contributed by atoms with van der Waals surface area (Å²) in [4.78, 5) is 0. The average Bonchev–Trinajstić information content (AvgIpc) is 3.20. The molecular weight excluding hydrogens is 628 g/mol. The van der Waals surface area contributed by atoms with E-state index in [4.69, 9.17) is 9.84 Å². The van der Waals surface area contributed by atoms with E-state index < -0.39 is 54.1 Å². The predicted molar refractivity (Wildman–Crippen MR) is 194 cm³/mol. The fourth-order valence-corrected chi connectivity index (χ4v) is 14.0. The van der Waals surface area contributed by atoms with Crippen LogP contribution in [-0.2, 0) is 4.74 Å². The first-order valence-electron chi connectivity index (χ1n) is 19.7. The van der Waals surface area contributed by atoms with Crippen LogP contribution in [0.5, 0.6) is 0 Å². The smallest absolute Gasteiger partial charge is 0.181 e. The topological polar surface area (TPSA) is 135 Å². The number of allylic oxidation sites excluding steroid dienone is 2. The van der Waals surface area contributed by atoms with Gasteiger partial charge in [0.2, 0.25) is 0 Å². The summed E-state index contributed by atoms with van der Waals surface area (Å²) in [6.45, 7) is 14.3. The molecule has 6 aliphatic carbocycles. The van der Waals surface area contributed by atoms with Crippen LogP contribution in [0.15, 0.2) is 47.1 Å². The van der Waals surface area contributed by atoms with Crippen molar-refractivity contribution in [3.05, 3.63) is 42.0 Å². The highest BCUT2D eigenvalue weighted by Gasteiger charge is 2.74. The zero-order chi connectivity index (χ0) is 35.6. The summed E-state index contributed by atoms with van der Waals surface area (Å²) in [6.07, 6.45) is 8.81. The lowest BCUT2D eigenvalue weighted by Crippen LogP contribution is -2.70. The number of benzene rings is 1. The van der Waals surface area contributed by atoms with Crippen LogP contribution in [0, 0.1) is 62.6 Å². The summed E-state index contributed by atoms with van der Waals surface area (Å²) in [5.41, 5.74) is 7.32. The molecule has 1 aromatic rings. The van der Waals surface area contributed by atoms with Crippen LogP contribution in [0.3, 0.4) is 0 Å². The van der Waals surface area contributed by atoms with E-state index in [1.165, 1.54) is 18.6 Å². The van der Waals surface area contributed by atoms with Crippen LogP contribution in [0.4, 0.5) is 5.69 Å². The van der Waals surface area contributed by atoms with E-state index in [2.05, 4.69) is 65.2 Å². The molecule has 0 radical (unpaired) electrons. The summed E-state index contributed by atoms with van der Waals surface area (Å²) in [5.74, 6) is -1.83. The molecule has 8 heteroatoms. The number of hydrogen-bond acceptors (Lipinski definition) is 8. The van der Waals surface area contributed by atoms with Crippen LogP contribution < -0.4 is 5.43 Å². The number of ether oxygens (including phenoxy) is 1. The Hall–Kier alpha value is -1.81. The Morgan fingerprint density at radius 3 is 2.34 bits per heavy atom. The number of hydrogen-bond donors (Lipinski definition) is 6. The summed E-state index contributed by atoms with van der Waals surface area (Å²) in [6, 6.07) is 10.3. The fourth-order valence-electron chi connectivity index (χ4n) is 14.0. The Labute approximate surface area is 298 Å². The van der Waals surface area contributed by atoms with Gasteiger partial charge >= 0.3 is 0 Å². The Balaban J connectivity index is 1.09. The van der Waals surface area contributed by atoms with Crippen molar-refractivity contribution < 1.29 is 30.3 Å². The van der Waals surface area contributed by atoms with Crippen molar-refractivity contribution in [3.8, 4) is 0 Å². The SMILES string of the molecule is CC1(C)CC[C@]2([C@H](O)[C@H]3OC4(O)C(CO)[C@H](O)C(O)C34)CCC3C(=CCC4[C@@]3(C)CCC3C(C)(C)/C(=N/Nc5ccccc5)CC[C@@]34C)C2C1. The third-order valence-corrected chi connectivity index (χ3v) is 16.7. The van der Waals surface area contributed by atoms with Gasteiger partial charge in [-0.15, -0.1) is 0 Å². The first-order chi connectivity index (χ1) is 23.5. The van der Waals surface area contributed by atoms with Gasteiger partial charge < -0.3 is 30.3 Å². The van der Waals surface area contributed by atoms with E-state index in [1.54, 1.807) is 5.57 Å². The van der Waals surface area contributed by atoms with Gasteiger partial charge in [0.25, 0.3) is 0 Å². The molecule has 1 saturated heterocycles. The Morgan fingerprint density at radius 1 is 0.880 bits per heavy atom. The van der Waals surface area contributed by atoms with E-state index in [9.17, 15) is 25.5 Å². The molecule has 5 saturated carbocycles. The highest BCUT2D eigenvalue weighted by molar-refractivity contribution is 5.91. The molecule has 1 aliphatic heterocycles. The largest absolute Gasteiger partial charge is 0.396 e. The zero-order valence-corrected chi connectivity index (χ0v) is 31.1. The van der Waals surface area contributed by atoms with Gasteiger partial charge in [-0.2, -0.15) is 5.10 Å². The molecule has 1 heterocycles. The second kappa shape index (κ2) is 11.6. The van der Waals surface area contributed by atoms with Gasteiger partial charge in [0.1, 0.15) is 0 Å². The number of fused-ring (bicyclic) bond motifs is 8. The molecule has 6 fully saturated rings. The van der Waals surface area contributed by atoms with Gasteiger partial charge in [-0.1, -0.05) is 71.4 Å². The Bertz CT molecular complexity index is 1540. The Morgan fingerprint density at radius 2 is 1.62 bits per heavy atom. The molecule has 0 amide bonds. The summed E-state index contributed by atoms with van der Waals surface area (Å²) < 4.78 is 6.08. The number of nitrogens with one attached hydrogen (secondary N) is 1. The lowest BCUT2D eigenvalue weighted by Gasteiger charge is -2.68. The van der Waals surface area contributed by atoms with Crippen LogP contribution in [-0.4, -0.2) is 68.1 Å². The standard InChI is InChI=1S/C42H62N2O6/c1-37(2)20-21-41(36(48)35-32-34(47)33(46)28(23-45)42(32,49)50-35)19-14-26-25(27(41)22-37)12-13-30-39(26,5)17-15-29-38(3,4)31(16-18-40(29,30)6)44-43-24-10-8-7-9-11-24/h7-12,26-30,32-36,43,45-49H,13-23H2,1-6H3/b44-31+/t26?,27?,28?,29?,30?,32?,33-,34?,35-,36+,39-,40-,41+,42?/m0/s1. The highest BCUT2D eigenvalue weighted by atomic mass is 16.7. The van der Waals surface area contributed by atoms with Gasteiger partial charge in [0, 0.05) is 16.5 Å². The quantitative estimate of drug-likeness (QED) is 0.158. The minimum absolute atomic E-state index is 0.00254. The molecule has 276 valence electrons. The van der Waals surface area contributed by atoms with Gasteiger partial charge in [0.15, 0.2) is 5.79 Å². The van der Waals surface area contributed by atoms with E-state index in [1.807, 2.05) is 18.2 Å². The van der Waals surface area contributed by atoms with E-state index in [0.29, 0.717) is 17.8 Å². The van der Waals surface area contributed by atoms with E-state index in [0.717, 1.165) is 57.1 Å². The molecular formula is C42H62N2O6. The van der Waals surface area contributed by atoms with Crippen LogP contribution in [0.1, 0.15) is 106 Å². The van der Waals surface area contributed by atoms with Gasteiger partial charge in [-0.05, 0) is 116 Å². The molecule has 8 unspecified atom stereocenters. The van der Waals surface area contributed by atoms with Gasteiger partial charge in [-0.3, -0.25) is 5.43 Å². The van der Waals surface area contributed by atoms with Crippen molar-refractivity contribution >= 4 is 11.4 Å². The van der Waals surface area contributed by atoms with Crippen molar-refractivity contribution in [1.29, 1.82) is 0 Å². The normalized spacial score (nSPS) is 50.0. The molecule has 14 atom stereocenters. The maximum absolute atomic E-state index is 12.4. The maximum Gasteiger partial charge on any atom is 0.181 e. The molecule has 1 aromatic carbocycles. The second-order valence-corrected chi connectivity index (χ2v) is 19.7. The van der Waals surface area contributed by atoms with E-state index >= 15 is 0 Å². The van der Waals surface area contributed by atoms with Gasteiger partial charge in [-0.25, -0.2) is 0 Å². The molecule has 0 bridgehead atoms. The third kappa shape index (κ3) is 4.73. The third-order valence-electron chi connectivity index (χ3n) is 16.7. The number of rotatable bonds is 5.